The van der Waals surface area contributed by atoms with Crippen LogP contribution in [0, 0.1) is 0 Å². The molecule has 2 atom stereocenters. The zero-order valence-electron chi connectivity index (χ0n) is 11.7. The van der Waals surface area contributed by atoms with Gasteiger partial charge in [-0.1, -0.05) is 6.07 Å². The number of rotatable bonds is 4. The van der Waals surface area contributed by atoms with Gasteiger partial charge in [0.05, 0.1) is 11.7 Å². The van der Waals surface area contributed by atoms with Crippen molar-refractivity contribution in [1.29, 1.82) is 0 Å². The molecule has 21 heavy (non-hydrogen) atoms. The van der Waals surface area contributed by atoms with Gasteiger partial charge < -0.3 is 10.4 Å². The van der Waals surface area contributed by atoms with Gasteiger partial charge in [0.15, 0.2) is 5.13 Å². The fourth-order valence-corrected chi connectivity index (χ4v) is 3.77. The highest BCUT2D eigenvalue weighted by Gasteiger charge is 2.30. The average Bonchev–Trinajstić information content (AvgIpc) is 2.89. The van der Waals surface area contributed by atoms with Crippen molar-refractivity contribution in [2.24, 2.45) is 0 Å². The monoisotopic (exact) mass is 303 g/mol. The molecular formula is C15H17N3O2S. The second-order valence-corrected chi connectivity index (χ2v) is 6.35. The normalized spacial score (nSPS) is 18.8. The molecule has 1 aliphatic rings. The van der Waals surface area contributed by atoms with Crippen molar-refractivity contribution >= 4 is 22.4 Å². The van der Waals surface area contributed by atoms with Gasteiger partial charge in [0.1, 0.15) is 5.92 Å². The maximum Gasteiger partial charge on any atom is 0.312 e. The van der Waals surface area contributed by atoms with Crippen molar-refractivity contribution in [3.05, 3.63) is 40.7 Å². The standard InChI is InChI=1S/C15H17N3O2S/c1-9(10-4-3-7-16-8-10)17-15-18-13-11(14(19)20)5-2-6-12(13)21-15/h3-4,7-9,11H,2,5-6H2,1H3,(H,17,18)(H,19,20). The number of carboxylic acids is 1. The van der Waals surface area contributed by atoms with Crippen LogP contribution >= 0.6 is 11.3 Å². The number of nitrogens with one attached hydrogen (secondary N) is 1. The third kappa shape index (κ3) is 2.90. The molecule has 0 saturated carbocycles. The smallest absolute Gasteiger partial charge is 0.312 e. The molecule has 0 amide bonds. The van der Waals surface area contributed by atoms with E-state index in [2.05, 4.69) is 15.3 Å². The van der Waals surface area contributed by atoms with Gasteiger partial charge in [0, 0.05) is 17.3 Å². The Balaban J connectivity index is 1.80. The Morgan fingerprint density at radius 1 is 1.57 bits per heavy atom. The van der Waals surface area contributed by atoms with Gasteiger partial charge in [0.25, 0.3) is 0 Å². The summed E-state index contributed by atoms with van der Waals surface area (Å²) in [7, 11) is 0. The Bertz CT molecular complexity index is 642. The molecular weight excluding hydrogens is 286 g/mol. The number of pyridine rings is 1. The number of carboxylic acid groups (broad SMARTS) is 1. The van der Waals surface area contributed by atoms with Crippen LogP contribution in [0.2, 0.25) is 0 Å². The molecule has 0 saturated heterocycles. The van der Waals surface area contributed by atoms with Crippen LogP contribution in [0.25, 0.3) is 0 Å². The number of fused-ring (bicyclic) bond motifs is 1. The molecule has 2 heterocycles. The van der Waals surface area contributed by atoms with Crippen molar-refractivity contribution in [3.8, 4) is 0 Å². The molecule has 2 aromatic heterocycles. The summed E-state index contributed by atoms with van der Waals surface area (Å²) in [4.78, 5) is 21.1. The highest BCUT2D eigenvalue weighted by molar-refractivity contribution is 7.15. The van der Waals surface area contributed by atoms with E-state index in [4.69, 9.17) is 0 Å². The molecule has 110 valence electrons. The van der Waals surface area contributed by atoms with Crippen molar-refractivity contribution in [2.45, 2.75) is 38.1 Å². The van der Waals surface area contributed by atoms with Gasteiger partial charge in [0.2, 0.25) is 0 Å². The summed E-state index contributed by atoms with van der Waals surface area (Å²) in [6.45, 7) is 2.05. The number of aliphatic carboxylic acids is 1. The lowest BCUT2D eigenvalue weighted by Crippen LogP contribution is -2.17. The first-order valence-corrected chi connectivity index (χ1v) is 7.85. The number of anilines is 1. The highest BCUT2D eigenvalue weighted by atomic mass is 32.1. The molecule has 1 aliphatic carbocycles. The molecule has 0 fully saturated rings. The van der Waals surface area contributed by atoms with Gasteiger partial charge in [-0.15, -0.1) is 11.3 Å². The van der Waals surface area contributed by atoms with Gasteiger partial charge in [-0.05, 0) is 37.8 Å². The van der Waals surface area contributed by atoms with Crippen molar-refractivity contribution < 1.29 is 9.90 Å². The third-order valence-corrected chi connectivity index (χ3v) is 4.84. The van der Waals surface area contributed by atoms with E-state index in [1.165, 1.54) is 0 Å². The molecule has 0 aromatic carbocycles. The second-order valence-electron chi connectivity index (χ2n) is 5.26. The molecule has 0 spiro atoms. The van der Waals surface area contributed by atoms with Crippen LogP contribution in [-0.2, 0) is 11.2 Å². The predicted octanol–water partition coefficient (Wildman–Crippen LogP) is 3.22. The molecule has 2 N–H and O–H groups in total. The Hall–Kier alpha value is -1.95. The van der Waals surface area contributed by atoms with Gasteiger partial charge in [-0.3, -0.25) is 9.78 Å². The van der Waals surface area contributed by atoms with Gasteiger partial charge >= 0.3 is 5.97 Å². The quantitative estimate of drug-likeness (QED) is 0.907. The number of nitrogens with zero attached hydrogens (tertiary/aromatic N) is 2. The summed E-state index contributed by atoms with van der Waals surface area (Å²) in [5, 5.41) is 13.4. The van der Waals surface area contributed by atoms with Crippen LogP contribution in [0.15, 0.2) is 24.5 Å². The number of aryl methyl sites for hydroxylation is 1. The molecule has 2 unspecified atom stereocenters. The Labute approximate surface area is 127 Å². The summed E-state index contributed by atoms with van der Waals surface area (Å²) in [5.41, 5.74) is 1.83. The molecule has 0 aliphatic heterocycles. The largest absolute Gasteiger partial charge is 0.481 e. The van der Waals surface area contributed by atoms with E-state index >= 15 is 0 Å². The number of carbonyl (C=O) groups is 1. The fourth-order valence-electron chi connectivity index (χ4n) is 2.62. The van der Waals surface area contributed by atoms with Crippen LogP contribution in [0.4, 0.5) is 5.13 Å². The number of hydrogen-bond donors (Lipinski definition) is 2. The summed E-state index contributed by atoms with van der Waals surface area (Å²) in [5.74, 6) is -1.22. The third-order valence-electron chi connectivity index (χ3n) is 3.78. The second kappa shape index (κ2) is 5.81. The van der Waals surface area contributed by atoms with E-state index in [0.29, 0.717) is 6.42 Å². The zero-order valence-corrected chi connectivity index (χ0v) is 12.6. The first kappa shape index (κ1) is 14.0. The van der Waals surface area contributed by atoms with Crippen LogP contribution < -0.4 is 5.32 Å². The van der Waals surface area contributed by atoms with E-state index in [9.17, 15) is 9.90 Å². The number of hydrogen-bond acceptors (Lipinski definition) is 5. The number of thiazole rings is 1. The van der Waals surface area contributed by atoms with Gasteiger partial charge in [-0.2, -0.15) is 0 Å². The van der Waals surface area contributed by atoms with Crippen LogP contribution in [-0.4, -0.2) is 21.0 Å². The maximum absolute atomic E-state index is 11.3. The minimum Gasteiger partial charge on any atom is -0.481 e. The predicted molar refractivity (Wildman–Crippen MR) is 81.7 cm³/mol. The lowest BCUT2D eigenvalue weighted by Gasteiger charge is -2.16. The summed E-state index contributed by atoms with van der Waals surface area (Å²) in [6.07, 6.45) is 6.11. The molecule has 0 bridgehead atoms. The summed E-state index contributed by atoms with van der Waals surface area (Å²) in [6, 6.07) is 4.01. The van der Waals surface area contributed by atoms with Gasteiger partial charge in [-0.25, -0.2) is 4.98 Å². The maximum atomic E-state index is 11.3. The molecule has 6 heteroatoms. The summed E-state index contributed by atoms with van der Waals surface area (Å²) < 4.78 is 0. The Morgan fingerprint density at radius 3 is 3.14 bits per heavy atom. The minimum absolute atomic E-state index is 0.0922. The number of aromatic nitrogens is 2. The summed E-state index contributed by atoms with van der Waals surface area (Å²) >= 11 is 1.57. The molecule has 0 radical (unpaired) electrons. The lowest BCUT2D eigenvalue weighted by molar-refractivity contribution is -0.139. The van der Waals surface area contributed by atoms with Crippen molar-refractivity contribution in [1.82, 2.24) is 9.97 Å². The van der Waals surface area contributed by atoms with Crippen LogP contribution in [0.5, 0.6) is 0 Å². The van der Waals surface area contributed by atoms with Crippen LogP contribution in [0.3, 0.4) is 0 Å². The van der Waals surface area contributed by atoms with E-state index in [0.717, 1.165) is 34.1 Å². The SMILES string of the molecule is CC(Nc1nc2c(s1)CCCC2C(=O)O)c1cccnc1. The first-order valence-electron chi connectivity index (χ1n) is 7.04. The van der Waals surface area contributed by atoms with E-state index < -0.39 is 11.9 Å². The molecule has 5 nitrogen and oxygen atoms in total. The van der Waals surface area contributed by atoms with Crippen molar-refractivity contribution in [3.63, 3.8) is 0 Å². The van der Waals surface area contributed by atoms with E-state index in [-0.39, 0.29) is 6.04 Å². The molecule has 2 aromatic rings. The molecule has 3 rings (SSSR count). The van der Waals surface area contributed by atoms with Crippen molar-refractivity contribution in [2.75, 3.05) is 5.32 Å². The Morgan fingerprint density at radius 2 is 2.43 bits per heavy atom. The fraction of sp³-hybridized carbons (Fsp3) is 0.400. The van der Waals surface area contributed by atoms with Crippen LogP contribution in [0.1, 0.15) is 47.9 Å². The van der Waals surface area contributed by atoms with E-state index in [1.54, 1.807) is 17.5 Å². The highest BCUT2D eigenvalue weighted by Crippen LogP contribution is 2.37. The zero-order chi connectivity index (χ0) is 14.8. The average molecular weight is 303 g/mol. The topological polar surface area (TPSA) is 75.1 Å². The lowest BCUT2D eigenvalue weighted by atomic mass is 9.91. The van der Waals surface area contributed by atoms with E-state index in [1.807, 2.05) is 25.3 Å². The Kier molecular flexibility index (Phi) is 3.88. The minimum atomic E-state index is -0.770. The first-order chi connectivity index (χ1) is 10.1.